The molecule has 0 bridgehead atoms. The van der Waals surface area contributed by atoms with Gasteiger partial charge in [-0.05, 0) is 55.5 Å². The van der Waals surface area contributed by atoms with Crippen LogP contribution in [0.1, 0.15) is 36.5 Å². The molecule has 154 valence electrons. The van der Waals surface area contributed by atoms with Gasteiger partial charge >= 0.3 is 0 Å². The van der Waals surface area contributed by atoms with Crippen LogP contribution in [-0.4, -0.2) is 50.6 Å². The van der Waals surface area contributed by atoms with Crippen LogP contribution in [0.3, 0.4) is 0 Å². The number of piperidine rings is 1. The Bertz CT molecular complexity index is 993. The quantitative estimate of drug-likeness (QED) is 0.788. The molecular weight excluding hydrogens is 408 g/mol. The van der Waals surface area contributed by atoms with E-state index in [-0.39, 0.29) is 11.9 Å². The number of carbonyl (C=O) groups is 1. The Morgan fingerprint density at radius 2 is 1.86 bits per heavy atom. The number of nitrogens with one attached hydrogen (secondary N) is 1. The molecule has 0 unspecified atom stereocenters. The monoisotopic (exact) mass is 432 g/mol. The van der Waals surface area contributed by atoms with E-state index >= 15 is 0 Å². The first-order chi connectivity index (χ1) is 13.9. The topological polar surface area (TPSA) is 82.1 Å². The van der Waals surface area contributed by atoms with Crippen molar-refractivity contribution in [3.05, 3.63) is 47.3 Å². The Morgan fingerprint density at radius 1 is 1.14 bits per heavy atom. The third kappa shape index (κ3) is 4.52. The van der Waals surface area contributed by atoms with Gasteiger partial charge in [0.1, 0.15) is 4.21 Å². The zero-order chi connectivity index (χ0) is 20.4. The average Bonchev–Trinajstić information content (AvgIpc) is 3.40. The Hall–Kier alpha value is -2.23. The first-order valence-electron chi connectivity index (χ1n) is 9.69. The molecule has 1 amide bonds. The highest BCUT2D eigenvalue weighted by Crippen LogP contribution is 2.22. The summed E-state index contributed by atoms with van der Waals surface area (Å²) in [5.74, 6) is -0.0165. The van der Waals surface area contributed by atoms with E-state index in [9.17, 15) is 13.2 Å². The molecular formula is C20H24N4O3S2. The van der Waals surface area contributed by atoms with Crippen molar-refractivity contribution in [2.75, 3.05) is 24.6 Å². The number of sulfonamides is 1. The van der Waals surface area contributed by atoms with Gasteiger partial charge < -0.3 is 4.90 Å². The van der Waals surface area contributed by atoms with Gasteiger partial charge in [0.05, 0.1) is 5.69 Å². The minimum Gasteiger partial charge on any atom is -0.339 e. The number of rotatable bonds is 5. The number of hydrogen-bond donors (Lipinski definition) is 1. The highest BCUT2D eigenvalue weighted by molar-refractivity contribution is 7.91. The van der Waals surface area contributed by atoms with E-state index < -0.39 is 10.0 Å². The van der Waals surface area contributed by atoms with E-state index in [4.69, 9.17) is 0 Å². The fraction of sp³-hybridized carbons (Fsp3) is 0.400. The fourth-order valence-electron chi connectivity index (χ4n) is 3.61. The summed E-state index contributed by atoms with van der Waals surface area (Å²) in [4.78, 5) is 14.6. The molecule has 4 rings (SSSR count). The number of thiophene rings is 1. The predicted octanol–water partition coefficient (Wildman–Crippen LogP) is 2.92. The van der Waals surface area contributed by atoms with Gasteiger partial charge in [-0.3, -0.25) is 9.80 Å². The van der Waals surface area contributed by atoms with E-state index in [1.54, 1.807) is 22.4 Å². The van der Waals surface area contributed by atoms with E-state index in [1.807, 2.05) is 36.2 Å². The first-order valence-corrected chi connectivity index (χ1v) is 12.1. The lowest BCUT2D eigenvalue weighted by Gasteiger charge is -2.32. The van der Waals surface area contributed by atoms with Crippen molar-refractivity contribution in [1.82, 2.24) is 9.62 Å². The molecule has 0 radical (unpaired) electrons. The summed E-state index contributed by atoms with van der Waals surface area (Å²) in [7, 11) is -3.47. The smallest absolute Gasteiger partial charge is 0.253 e. The highest BCUT2D eigenvalue weighted by Gasteiger charge is 2.27. The maximum atomic E-state index is 12.8. The van der Waals surface area contributed by atoms with Gasteiger partial charge in [0, 0.05) is 43.4 Å². The van der Waals surface area contributed by atoms with Crippen molar-refractivity contribution < 1.29 is 13.2 Å². The van der Waals surface area contributed by atoms with Gasteiger partial charge in [0.2, 0.25) is 10.0 Å². The fourth-order valence-corrected chi connectivity index (χ4v) is 5.93. The van der Waals surface area contributed by atoms with Crippen molar-refractivity contribution in [2.45, 2.75) is 36.4 Å². The van der Waals surface area contributed by atoms with E-state index in [0.717, 1.165) is 24.4 Å². The van der Waals surface area contributed by atoms with Crippen LogP contribution in [0.4, 0.5) is 5.69 Å². The summed E-state index contributed by atoms with van der Waals surface area (Å²) in [6.45, 7) is 3.96. The van der Waals surface area contributed by atoms with Crippen LogP contribution in [0.5, 0.6) is 0 Å². The molecule has 1 saturated heterocycles. The van der Waals surface area contributed by atoms with Crippen LogP contribution in [-0.2, 0) is 10.0 Å². The van der Waals surface area contributed by atoms with E-state index in [0.29, 0.717) is 35.7 Å². The lowest BCUT2D eigenvalue weighted by Crippen LogP contribution is -2.46. The van der Waals surface area contributed by atoms with Crippen molar-refractivity contribution in [1.29, 1.82) is 0 Å². The largest absolute Gasteiger partial charge is 0.339 e. The van der Waals surface area contributed by atoms with Gasteiger partial charge in [-0.15, -0.1) is 11.3 Å². The molecule has 2 aliphatic rings. The van der Waals surface area contributed by atoms with Crippen LogP contribution in [0.15, 0.2) is 51.1 Å². The van der Waals surface area contributed by atoms with Crippen LogP contribution in [0, 0.1) is 0 Å². The molecule has 0 saturated carbocycles. The molecule has 1 fully saturated rings. The number of likely N-dealkylation sites (tertiary alicyclic amines) is 1. The molecule has 0 spiro atoms. The summed E-state index contributed by atoms with van der Waals surface area (Å²) in [5, 5.41) is 8.18. The van der Waals surface area contributed by atoms with Crippen molar-refractivity contribution in [3.63, 3.8) is 0 Å². The van der Waals surface area contributed by atoms with Crippen LogP contribution in [0.2, 0.25) is 0 Å². The molecule has 1 N–H and O–H groups in total. The van der Waals surface area contributed by atoms with Gasteiger partial charge in [0.15, 0.2) is 0 Å². The Morgan fingerprint density at radius 3 is 2.45 bits per heavy atom. The average molecular weight is 433 g/mol. The van der Waals surface area contributed by atoms with Crippen molar-refractivity contribution >= 4 is 38.7 Å². The van der Waals surface area contributed by atoms with Crippen LogP contribution in [0.25, 0.3) is 0 Å². The summed E-state index contributed by atoms with van der Waals surface area (Å²) >= 11 is 1.20. The second kappa shape index (κ2) is 8.25. The van der Waals surface area contributed by atoms with Gasteiger partial charge in [-0.25, -0.2) is 13.1 Å². The molecule has 7 nitrogen and oxygen atoms in total. The lowest BCUT2D eigenvalue weighted by atomic mass is 10.0. The number of nitrogens with zero attached hydrogens (tertiary/aromatic N) is 3. The van der Waals surface area contributed by atoms with E-state index in [2.05, 4.69) is 9.82 Å². The number of carbonyl (C=O) groups excluding carboxylic acids is 1. The summed E-state index contributed by atoms with van der Waals surface area (Å²) in [5.41, 5.74) is 2.74. The van der Waals surface area contributed by atoms with Gasteiger partial charge in [-0.1, -0.05) is 6.07 Å². The third-order valence-corrected chi connectivity index (χ3v) is 8.17. The maximum absolute atomic E-state index is 12.8. The van der Waals surface area contributed by atoms with Gasteiger partial charge in [0.25, 0.3) is 5.91 Å². The normalized spacial score (nSPS) is 18.2. The molecule has 1 aromatic heterocycles. The Kier molecular flexibility index (Phi) is 5.71. The number of hydrogen-bond acceptors (Lipinski definition) is 6. The molecule has 0 aliphatic carbocycles. The first kappa shape index (κ1) is 20.1. The standard InChI is InChI=1S/C20H24N4O3S2/c1-15-8-13-24(21-15)18-6-4-16(5-7-18)20(25)23-11-9-17(10-12-23)22-29(26,27)19-3-2-14-28-19/h2-7,14,17,22H,8-13H2,1H3. The number of amides is 1. The van der Waals surface area contributed by atoms with Crippen molar-refractivity contribution in [2.24, 2.45) is 5.10 Å². The zero-order valence-corrected chi connectivity index (χ0v) is 17.9. The summed E-state index contributed by atoms with van der Waals surface area (Å²) < 4.78 is 27.8. The predicted molar refractivity (Wildman–Crippen MR) is 115 cm³/mol. The Balaban J connectivity index is 1.33. The second-order valence-corrected chi connectivity index (χ2v) is 10.3. The minimum atomic E-state index is -3.47. The zero-order valence-electron chi connectivity index (χ0n) is 16.2. The maximum Gasteiger partial charge on any atom is 0.253 e. The van der Waals surface area contributed by atoms with Crippen molar-refractivity contribution in [3.8, 4) is 0 Å². The third-order valence-electron chi connectivity index (χ3n) is 5.25. The minimum absolute atomic E-state index is 0.0165. The summed E-state index contributed by atoms with van der Waals surface area (Å²) in [6.07, 6.45) is 2.18. The van der Waals surface area contributed by atoms with E-state index in [1.165, 1.54) is 11.3 Å². The van der Waals surface area contributed by atoms with Crippen LogP contribution >= 0.6 is 11.3 Å². The number of anilines is 1. The van der Waals surface area contributed by atoms with Crippen LogP contribution < -0.4 is 9.73 Å². The number of benzene rings is 1. The lowest BCUT2D eigenvalue weighted by molar-refractivity contribution is 0.0711. The molecule has 0 atom stereocenters. The SMILES string of the molecule is CC1=NN(c2ccc(C(=O)N3CCC(NS(=O)(=O)c4cccs4)CC3)cc2)CC1. The molecule has 3 heterocycles. The Labute approximate surface area is 175 Å². The second-order valence-electron chi connectivity index (χ2n) is 7.38. The van der Waals surface area contributed by atoms with Gasteiger partial charge in [-0.2, -0.15) is 5.10 Å². The highest BCUT2D eigenvalue weighted by atomic mass is 32.2. The molecule has 2 aliphatic heterocycles. The molecule has 29 heavy (non-hydrogen) atoms. The molecule has 9 heteroatoms. The molecule has 2 aromatic rings. The number of hydrazone groups is 1. The summed E-state index contributed by atoms with van der Waals surface area (Å²) in [6, 6.07) is 10.7. The molecule has 1 aromatic carbocycles.